The van der Waals surface area contributed by atoms with Crippen LogP contribution in [-0.4, -0.2) is 29.8 Å². The summed E-state index contributed by atoms with van der Waals surface area (Å²) >= 11 is 0. The minimum Gasteiger partial charge on any atom is -0.507 e. The van der Waals surface area contributed by atoms with Crippen molar-refractivity contribution >= 4 is 11.9 Å². The lowest BCUT2D eigenvalue weighted by Crippen LogP contribution is -2.39. The highest BCUT2D eigenvalue weighted by Crippen LogP contribution is 2.31. The van der Waals surface area contributed by atoms with Gasteiger partial charge in [-0.05, 0) is 13.8 Å². The predicted molar refractivity (Wildman–Crippen MR) is 41.8 cm³/mol. The van der Waals surface area contributed by atoms with Crippen LogP contribution in [0.3, 0.4) is 0 Å². The fourth-order valence-corrected chi connectivity index (χ4v) is 1.10. The van der Waals surface area contributed by atoms with E-state index < -0.39 is 17.5 Å². The van der Waals surface area contributed by atoms with Crippen molar-refractivity contribution in [3.05, 3.63) is 11.3 Å². The molecule has 0 amide bonds. The molecule has 0 saturated carbocycles. The summed E-state index contributed by atoms with van der Waals surface area (Å²) < 4.78 is 9.08. The van der Waals surface area contributed by atoms with Gasteiger partial charge in [0.2, 0.25) is 0 Å². The molecule has 1 N–H and O–H groups in total. The molecule has 0 radical (unpaired) electrons. The quantitative estimate of drug-likeness (QED) is 0.596. The highest BCUT2D eigenvalue weighted by molar-refractivity contribution is 5.98. The van der Waals surface area contributed by atoms with Gasteiger partial charge in [0.15, 0.2) is 5.76 Å². The third-order valence-electron chi connectivity index (χ3n) is 1.99. The van der Waals surface area contributed by atoms with Crippen molar-refractivity contribution in [1.29, 1.82) is 0 Å². The van der Waals surface area contributed by atoms with E-state index in [1.807, 2.05) is 0 Å². The number of carbonyl (C=O) groups is 2. The van der Waals surface area contributed by atoms with Crippen molar-refractivity contribution in [3.8, 4) is 0 Å². The first-order chi connectivity index (χ1) is 5.93. The maximum atomic E-state index is 11.1. The number of aliphatic hydroxyl groups excluding tert-OH is 1. The summed E-state index contributed by atoms with van der Waals surface area (Å²) in [6.07, 6.45) is 0. The van der Waals surface area contributed by atoms with E-state index in [4.69, 9.17) is 0 Å². The second-order valence-corrected chi connectivity index (χ2v) is 2.89. The number of aliphatic hydroxyl groups is 1. The average Bonchev–Trinajstić information content (AvgIpc) is 2.30. The molecule has 1 atom stereocenters. The first-order valence-electron chi connectivity index (χ1n) is 3.65. The van der Waals surface area contributed by atoms with E-state index in [0.717, 1.165) is 7.11 Å². The third-order valence-corrected chi connectivity index (χ3v) is 1.99. The van der Waals surface area contributed by atoms with E-state index in [1.165, 1.54) is 13.8 Å². The lowest BCUT2D eigenvalue weighted by atomic mass is 10.0. The van der Waals surface area contributed by atoms with Gasteiger partial charge in [-0.2, -0.15) is 0 Å². The molecular formula is C8H10O5. The van der Waals surface area contributed by atoms with Crippen molar-refractivity contribution in [2.24, 2.45) is 0 Å². The van der Waals surface area contributed by atoms with Crippen LogP contribution >= 0.6 is 0 Å². The van der Waals surface area contributed by atoms with Gasteiger partial charge in [-0.1, -0.05) is 0 Å². The van der Waals surface area contributed by atoms with E-state index in [1.54, 1.807) is 0 Å². The largest absolute Gasteiger partial charge is 0.507 e. The summed E-state index contributed by atoms with van der Waals surface area (Å²) in [5.74, 6) is -1.88. The van der Waals surface area contributed by atoms with Crippen LogP contribution in [0, 0.1) is 0 Å². The van der Waals surface area contributed by atoms with Crippen molar-refractivity contribution in [3.63, 3.8) is 0 Å². The standard InChI is InChI=1S/C8H10O5/c1-4-5(9)8(2,7(11)12-3)13-6(4)10/h9H,1-3H3. The number of esters is 2. The SMILES string of the molecule is COC(=O)C1(C)OC(=O)C(C)=C1O. The Morgan fingerprint density at radius 1 is 1.62 bits per heavy atom. The van der Waals surface area contributed by atoms with Crippen molar-refractivity contribution < 1.29 is 24.2 Å². The molecule has 1 aliphatic heterocycles. The van der Waals surface area contributed by atoms with Crippen LogP contribution < -0.4 is 0 Å². The summed E-state index contributed by atoms with van der Waals surface area (Å²) in [5.41, 5.74) is -1.64. The molecule has 1 heterocycles. The van der Waals surface area contributed by atoms with Crippen molar-refractivity contribution in [2.45, 2.75) is 19.4 Å². The monoisotopic (exact) mass is 186 g/mol. The summed E-state index contributed by atoms with van der Waals surface area (Å²) in [6.45, 7) is 2.66. The molecule has 1 rings (SSSR count). The maximum Gasteiger partial charge on any atom is 0.358 e. The molecule has 5 nitrogen and oxygen atoms in total. The van der Waals surface area contributed by atoms with E-state index in [9.17, 15) is 14.7 Å². The Hall–Kier alpha value is -1.52. The molecule has 0 aromatic carbocycles. The Kier molecular flexibility index (Phi) is 2.03. The zero-order valence-electron chi connectivity index (χ0n) is 7.58. The van der Waals surface area contributed by atoms with E-state index >= 15 is 0 Å². The Morgan fingerprint density at radius 2 is 2.15 bits per heavy atom. The lowest BCUT2D eigenvalue weighted by Gasteiger charge is -2.19. The highest BCUT2D eigenvalue weighted by atomic mass is 16.6. The topological polar surface area (TPSA) is 72.8 Å². The summed E-state index contributed by atoms with van der Waals surface area (Å²) in [5, 5.41) is 9.42. The van der Waals surface area contributed by atoms with Crippen molar-refractivity contribution in [1.82, 2.24) is 0 Å². The van der Waals surface area contributed by atoms with Gasteiger partial charge in [0, 0.05) is 0 Å². The molecule has 5 heteroatoms. The molecule has 0 aromatic heterocycles. The van der Waals surface area contributed by atoms with Gasteiger partial charge in [0.1, 0.15) is 0 Å². The normalized spacial score (nSPS) is 27.5. The number of cyclic esters (lactones) is 1. The summed E-state index contributed by atoms with van der Waals surface area (Å²) in [4.78, 5) is 22.1. The number of hydrogen-bond acceptors (Lipinski definition) is 5. The van der Waals surface area contributed by atoms with Crippen LogP contribution in [-0.2, 0) is 19.1 Å². The molecule has 13 heavy (non-hydrogen) atoms. The van der Waals surface area contributed by atoms with Crippen LogP contribution in [0.25, 0.3) is 0 Å². The predicted octanol–water partition coefficient (Wildman–Crippen LogP) is 0.307. The Morgan fingerprint density at radius 3 is 2.46 bits per heavy atom. The van der Waals surface area contributed by atoms with E-state index in [2.05, 4.69) is 9.47 Å². The molecule has 0 aromatic rings. The van der Waals surface area contributed by atoms with Gasteiger partial charge in [-0.25, -0.2) is 9.59 Å². The van der Waals surface area contributed by atoms with Gasteiger partial charge in [0.05, 0.1) is 12.7 Å². The minimum absolute atomic E-state index is 0.0351. The molecule has 1 aliphatic rings. The highest BCUT2D eigenvalue weighted by Gasteiger charge is 2.50. The molecule has 72 valence electrons. The zero-order chi connectivity index (χ0) is 10.2. The fraction of sp³-hybridized carbons (Fsp3) is 0.500. The fourth-order valence-electron chi connectivity index (χ4n) is 1.10. The van der Waals surface area contributed by atoms with Crippen LogP contribution in [0.5, 0.6) is 0 Å². The lowest BCUT2D eigenvalue weighted by molar-refractivity contribution is -0.170. The van der Waals surface area contributed by atoms with Gasteiger partial charge in [-0.3, -0.25) is 0 Å². The summed E-state index contributed by atoms with van der Waals surface area (Å²) in [6, 6.07) is 0. The van der Waals surface area contributed by atoms with Crippen LogP contribution in [0.2, 0.25) is 0 Å². The second kappa shape index (κ2) is 2.76. The molecule has 1 unspecified atom stereocenters. The van der Waals surface area contributed by atoms with Gasteiger partial charge in [0.25, 0.3) is 5.60 Å². The van der Waals surface area contributed by atoms with Crippen LogP contribution in [0.4, 0.5) is 0 Å². The molecular weight excluding hydrogens is 176 g/mol. The first-order valence-corrected chi connectivity index (χ1v) is 3.65. The average molecular weight is 186 g/mol. The first kappa shape index (κ1) is 9.57. The smallest absolute Gasteiger partial charge is 0.358 e. The number of rotatable bonds is 1. The third kappa shape index (κ3) is 1.16. The molecule has 0 bridgehead atoms. The number of carbonyl (C=O) groups excluding carboxylic acids is 2. The summed E-state index contributed by atoms with van der Waals surface area (Å²) in [7, 11) is 1.16. The van der Waals surface area contributed by atoms with Gasteiger partial charge < -0.3 is 14.6 Å². The van der Waals surface area contributed by atoms with Crippen LogP contribution in [0.1, 0.15) is 13.8 Å². The number of hydrogen-bond donors (Lipinski definition) is 1. The molecule has 0 fully saturated rings. The number of methoxy groups -OCH3 is 1. The molecule has 0 spiro atoms. The van der Waals surface area contributed by atoms with Crippen LogP contribution in [0.15, 0.2) is 11.3 Å². The second-order valence-electron chi connectivity index (χ2n) is 2.89. The molecule has 0 saturated heterocycles. The molecule has 0 aliphatic carbocycles. The van der Waals surface area contributed by atoms with Crippen molar-refractivity contribution in [2.75, 3.05) is 7.11 Å². The zero-order valence-corrected chi connectivity index (χ0v) is 7.58. The Bertz CT molecular complexity index is 304. The van der Waals surface area contributed by atoms with E-state index in [-0.39, 0.29) is 11.3 Å². The van der Waals surface area contributed by atoms with E-state index in [0.29, 0.717) is 0 Å². The minimum atomic E-state index is -1.67. The van der Waals surface area contributed by atoms with Gasteiger partial charge >= 0.3 is 11.9 Å². The van der Waals surface area contributed by atoms with Gasteiger partial charge in [-0.15, -0.1) is 0 Å². The maximum absolute atomic E-state index is 11.1. The Labute approximate surface area is 74.9 Å². The Balaban J connectivity index is 3.10. The number of ether oxygens (including phenoxy) is 2.